The minimum absolute atomic E-state index is 0.133. The van der Waals surface area contributed by atoms with Gasteiger partial charge in [0.25, 0.3) is 0 Å². The van der Waals surface area contributed by atoms with Crippen molar-refractivity contribution >= 4 is 11.7 Å². The first-order chi connectivity index (χ1) is 8.13. The molecule has 0 aromatic heterocycles. The summed E-state index contributed by atoms with van der Waals surface area (Å²) in [5.41, 5.74) is 11.0. The second-order valence-corrected chi connectivity index (χ2v) is 4.05. The van der Waals surface area contributed by atoms with Gasteiger partial charge in [-0.15, -0.1) is 0 Å². The van der Waals surface area contributed by atoms with Gasteiger partial charge in [0.2, 0.25) is 5.96 Å². The summed E-state index contributed by atoms with van der Waals surface area (Å²) in [4.78, 5) is 0. The lowest BCUT2D eigenvalue weighted by Gasteiger charge is -2.07. The monoisotopic (exact) mass is 232 g/mol. The fourth-order valence-electron chi connectivity index (χ4n) is 1.48. The Morgan fingerprint density at radius 1 is 1.35 bits per heavy atom. The van der Waals surface area contributed by atoms with E-state index in [1.54, 1.807) is 0 Å². The normalized spacial score (nSPS) is 11.3. The highest BCUT2D eigenvalue weighted by atomic mass is 15.3. The first-order valence-electron chi connectivity index (χ1n) is 5.87. The van der Waals surface area contributed by atoms with E-state index in [-0.39, 0.29) is 5.96 Å². The van der Waals surface area contributed by atoms with Crippen molar-refractivity contribution in [3.63, 3.8) is 0 Å². The van der Waals surface area contributed by atoms with Crippen molar-refractivity contribution < 1.29 is 0 Å². The van der Waals surface area contributed by atoms with Crippen LogP contribution in [0.2, 0.25) is 0 Å². The Balaban J connectivity index is 2.84. The molecule has 1 aromatic rings. The smallest absolute Gasteiger partial charge is 0.206 e. The average Bonchev–Trinajstić information content (AvgIpc) is 2.30. The lowest BCUT2D eigenvalue weighted by molar-refractivity contribution is 0.827. The van der Waals surface area contributed by atoms with Crippen LogP contribution in [-0.4, -0.2) is 11.7 Å². The molecule has 0 amide bonds. The van der Waals surface area contributed by atoms with Crippen LogP contribution in [0.1, 0.15) is 37.3 Å². The molecule has 17 heavy (non-hydrogen) atoms. The van der Waals surface area contributed by atoms with Crippen LogP contribution in [0.15, 0.2) is 29.4 Å². The number of rotatable bonds is 5. The van der Waals surface area contributed by atoms with E-state index in [9.17, 15) is 0 Å². The molecule has 0 heterocycles. The van der Waals surface area contributed by atoms with Gasteiger partial charge in [0.15, 0.2) is 0 Å². The summed E-state index contributed by atoms with van der Waals surface area (Å²) in [6.45, 7) is 4.20. The van der Waals surface area contributed by atoms with Crippen molar-refractivity contribution in [2.45, 2.75) is 33.1 Å². The molecule has 0 aliphatic heterocycles. The van der Waals surface area contributed by atoms with Crippen LogP contribution in [0.4, 0.5) is 0 Å². The van der Waals surface area contributed by atoms with Gasteiger partial charge in [0.05, 0.1) is 5.71 Å². The predicted molar refractivity (Wildman–Crippen MR) is 72.3 cm³/mol. The van der Waals surface area contributed by atoms with Crippen LogP contribution in [0, 0.1) is 12.3 Å². The maximum Gasteiger partial charge on any atom is 0.206 e. The Labute approximate surface area is 102 Å². The molecule has 0 radical (unpaired) electrons. The van der Waals surface area contributed by atoms with Gasteiger partial charge in [-0.2, -0.15) is 5.10 Å². The number of hydrogen-bond acceptors (Lipinski definition) is 2. The Morgan fingerprint density at radius 3 is 2.53 bits per heavy atom. The van der Waals surface area contributed by atoms with Crippen molar-refractivity contribution in [3.8, 4) is 0 Å². The maximum absolute atomic E-state index is 7.12. The standard InChI is InChI=1S/C13H20N4/c1-3-4-5-12(16-17-13(14)15)11-8-6-10(2)7-9-11/h6-9H,3-5H2,1-2H3,(H4,14,15,17)/b16-12+. The van der Waals surface area contributed by atoms with Gasteiger partial charge in [0.1, 0.15) is 0 Å². The number of hydrazone groups is 1. The minimum atomic E-state index is -0.133. The molecule has 0 saturated heterocycles. The van der Waals surface area contributed by atoms with Gasteiger partial charge in [-0.05, 0) is 25.3 Å². The zero-order valence-electron chi connectivity index (χ0n) is 10.5. The SMILES string of the molecule is CCCC/C(=N\NC(=N)N)c1ccc(C)cc1. The van der Waals surface area contributed by atoms with Crippen LogP contribution in [0.3, 0.4) is 0 Å². The summed E-state index contributed by atoms with van der Waals surface area (Å²) in [6, 6.07) is 8.21. The van der Waals surface area contributed by atoms with Gasteiger partial charge in [-0.1, -0.05) is 43.2 Å². The highest BCUT2D eigenvalue weighted by Gasteiger charge is 2.03. The van der Waals surface area contributed by atoms with Crippen LogP contribution in [-0.2, 0) is 0 Å². The van der Waals surface area contributed by atoms with Crippen LogP contribution in [0.25, 0.3) is 0 Å². The van der Waals surface area contributed by atoms with Crippen molar-refractivity contribution in [2.24, 2.45) is 10.8 Å². The van der Waals surface area contributed by atoms with E-state index in [4.69, 9.17) is 11.1 Å². The Morgan fingerprint density at radius 2 is 2.00 bits per heavy atom. The van der Waals surface area contributed by atoms with Crippen molar-refractivity contribution in [2.75, 3.05) is 0 Å². The lowest BCUT2D eigenvalue weighted by atomic mass is 10.0. The van der Waals surface area contributed by atoms with E-state index in [0.29, 0.717) is 0 Å². The fourth-order valence-corrected chi connectivity index (χ4v) is 1.48. The van der Waals surface area contributed by atoms with E-state index in [2.05, 4.69) is 36.5 Å². The predicted octanol–water partition coefficient (Wildman–Crippen LogP) is 2.37. The third kappa shape index (κ3) is 4.68. The number of nitrogens with two attached hydrogens (primary N) is 1. The summed E-state index contributed by atoms with van der Waals surface area (Å²) in [7, 11) is 0. The molecule has 0 spiro atoms. The number of nitrogens with one attached hydrogen (secondary N) is 2. The molecule has 0 atom stereocenters. The van der Waals surface area contributed by atoms with Crippen molar-refractivity contribution in [1.82, 2.24) is 5.43 Å². The van der Waals surface area contributed by atoms with E-state index in [1.165, 1.54) is 5.56 Å². The van der Waals surface area contributed by atoms with Crippen LogP contribution in [0.5, 0.6) is 0 Å². The molecule has 0 bridgehead atoms. The van der Waals surface area contributed by atoms with Crippen molar-refractivity contribution in [1.29, 1.82) is 5.41 Å². The minimum Gasteiger partial charge on any atom is -0.369 e. The zero-order chi connectivity index (χ0) is 12.7. The highest BCUT2D eigenvalue weighted by molar-refractivity contribution is 6.01. The van der Waals surface area contributed by atoms with E-state index >= 15 is 0 Å². The largest absolute Gasteiger partial charge is 0.369 e. The molecule has 1 aromatic carbocycles. The third-order valence-corrected chi connectivity index (χ3v) is 2.46. The number of hydrogen-bond donors (Lipinski definition) is 3. The van der Waals surface area contributed by atoms with Gasteiger partial charge >= 0.3 is 0 Å². The van der Waals surface area contributed by atoms with Gasteiger partial charge in [-0.25, -0.2) is 5.43 Å². The molecule has 0 aliphatic carbocycles. The summed E-state index contributed by atoms with van der Waals surface area (Å²) in [5, 5.41) is 11.3. The fraction of sp³-hybridized carbons (Fsp3) is 0.385. The number of unbranched alkanes of at least 4 members (excludes halogenated alkanes) is 1. The Kier molecular flexibility index (Phi) is 5.20. The molecule has 4 heteroatoms. The topological polar surface area (TPSA) is 74.3 Å². The molecule has 4 N–H and O–H groups in total. The maximum atomic E-state index is 7.12. The summed E-state index contributed by atoms with van der Waals surface area (Å²) < 4.78 is 0. The van der Waals surface area contributed by atoms with Crippen LogP contribution >= 0.6 is 0 Å². The summed E-state index contributed by atoms with van der Waals surface area (Å²) in [5.74, 6) is -0.133. The molecule has 4 nitrogen and oxygen atoms in total. The number of aryl methyl sites for hydroxylation is 1. The van der Waals surface area contributed by atoms with Crippen molar-refractivity contribution in [3.05, 3.63) is 35.4 Å². The number of nitrogens with zero attached hydrogens (tertiary/aromatic N) is 1. The molecule has 0 unspecified atom stereocenters. The van der Waals surface area contributed by atoms with Gasteiger partial charge < -0.3 is 5.73 Å². The van der Waals surface area contributed by atoms with E-state index in [0.717, 1.165) is 30.5 Å². The molecule has 0 saturated carbocycles. The Hall–Kier alpha value is -1.84. The highest BCUT2D eigenvalue weighted by Crippen LogP contribution is 2.09. The van der Waals surface area contributed by atoms with E-state index in [1.807, 2.05) is 12.1 Å². The quantitative estimate of drug-likeness (QED) is 0.414. The number of guanidine groups is 1. The second kappa shape index (κ2) is 6.68. The van der Waals surface area contributed by atoms with Gasteiger partial charge in [0, 0.05) is 0 Å². The first-order valence-corrected chi connectivity index (χ1v) is 5.87. The molecular weight excluding hydrogens is 212 g/mol. The zero-order valence-corrected chi connectivity index (χ0v) is 10.5. The average molecular weight is 232 g/mol. The molecule has 0 fully saturated rings. The third-order valence-electron chi connectivity index (χ3n) is 2.46. The number of benzene rings is 1. The first kappa shape index (κ1) is 13.2. The Bertz CT molecular complexity index is 392. The summed E-state index contributed by atoms with van der Waals surface area (Å²) in [6.07, 6.45) is 3.08. The van der Waals surface area contributed by atoms with Gasteiger partial charge in [-0.3, -0.25) is 5.41 Å². The summed E-state index contributed by atoms with van der Waals surface area (Å²) >= 11 is 0. The molecular formula is C13H20N4. The molecule has 92 valence electrons. The van der Waals surface area contributed by atoms with Crippen LogP contribution < -0.4 is 11.2 Å². The molecule has 1 rings (SSSR count). The lowest BCUT2D eigenvalue weighted by Crippen LogP contribution is -2.27. The van der Waals surface area contributed by atoms with E-state index < -0.39 is 0 Å². The second-order valence-electron chi connectivity index (χ2n) is 4.05. The molecule has 0 aliphatic rings.